The van der Waals surface area contributed by atoms with Crippen molar-refractivity contribution in [1.29, 1.82) is 0 Å². The highest BCUT2D eigenvalue weighted by atomic mass is 16.5. The van der Waals surface area contributed by atoms with E-state index in [9.17, 15) is 0 Å². The van der Waals surface area contributed by atoms with E-state index in [1.807, 2.05) is 18.3 Å². The summed E-state index contributed by atoms with van der Waals surface area (Å²) in [6, 6.07) is 10.4. The molecule has 1 aliphatic heterocycles. The van der Waals surface area contributed by atoms with Gasteiger partial charge < -0.3 is 10.5 Å². The van der Waals surface area contributed by atoms with E-state index in [0.29, 0.717) is 5.92 Å². The van der Waals surface area contributed by atoms with Crippen molar-refractivity contribution in [1.82, 2.24) is 4.98 Å². The second-order valence-electron chi connectivity index (χ2n) is 5.32. The van der Waals surface area contributed by atoms with Crippen LogP contribution in [0.2, 0.25) is 0 Å². The highest BCUT2D eigenvalue weighted by Gasteiger charge is 2.19. The molecule has 1 atom stereocenters. The largest absolute Gasteiger partial charge is 0.381 e. The number of hydrogen-bond acceptors (Lipinski definition) is 3. The molecule has 19 heavy (non-hydrogen) atoms. The van der Waals surface area contributed by atoms with Gasteiger partial charge in [-0.3, -0.25) is 4.98 Å². The van der Waals surface area contributed by atoms with Crippen molar-refractivity contribution < 1.29 is 4.74 Å². The van der Waals surface area contributed by atoms with Crippen molar-refractivity contribution in [2.75, 3.05) is 13.2 Å². The maximum Gasteiger partial charge on any atom is 0.0705 e. The van der Waals surface area contributed by atoms with E-state index in [1.165, 1.54) is 10.9 Å². The molecule has 1 unspecified atom stereocenters. The minimum absolute atomic E-state index is 0.0935. The fourth-order valence-electron chi connectivity index (χ4n) is 2.92. The Morgan fingerprint density at radius 3 is 2.89 bits per heavy atom. The fourth-order valence-corrected chi connectivity index (χ4v) is 2.92. The third-order valence-electron chi connectivity index (χ3n) is 4.01. The maximum atomic E-state index is 6.42. The van der Waals surface area contributed by atoms with Crippen LogP contribution in [0.15, 0.2) is 36.5 Å². The van der Waals surface area contributed by atoms with E-state index >= 15 is 0 Å². The summed E-state index contributed by atoms with van der Waals surface area (Å²) >= 11 is 0. The average molecular weight is 256 g/mol. The number of ether oxygens (including phenoxy) is 1. The summed E-state index contributed by atoms with van der Waals surface area (Å²) in [5.74, 6) is 0.690. The second-order valence-corrected chi connectivity index (χ2v) is 5.32. The van der Waals surface area contributed by atoms with Gasteiger partial charge in [-0.1, -0.05) is 18.2 Å². The molecule has 0 saturated carbocycles. The minimum atomic E-state index is 0.0935. The molecule has 1 aromatic carbocycles. The molecule has 0 aliphatic carbocycles. The van der Waals surface area contributed by atoms with Gasteiger partial charge in [0.25, 0.3) is 0 Å². The van der Waals surface area contributed by atoms with Crippen LogP contribution in [0, 0.1) is 5.92 Å². The molecule has 1 saturated heterocycles. The second kappa shape index (κ2) is 5.68. The molecule has 3 nitrogen and oxygen atoms in total. The number of pyridine rings is 1. The van der Waals surface area contributed by atoms with Crippen molar-refractivity contribution >= 4 is 10.9 Å². The zero-order chi connectivity index (χ0) is 13.1. The first-order chi connectivity index (χ1) is 9.34. The highest BCUT2D eigenvalue weighted by molar-refractivity contribution is 5.82. The lowest BCUT2D eigenvalue weighted by molar-refractivity contribution is 0.0619. The van der Waals surface area contributed by atoms with Gasteiger partial charge in [-0.25, -0.2) is 0 Å². The summed E-state index contributed by atoms with van der Waals surface area (Å²) in [6.07, 6.45) is 5.14. The topological polar surface area (TPSA) is 48.1 Å². The molecule has 3 rings (SSSR count). The Hall–Kier alpha value is -1.45. The van der Waals surface area contributed by atoms with Crippen molar-refractivity contribution in [3.8, 4) is 0 Å². The van der Waals surface area contributed by atoms with Gasteiger partial charge in [0.05, 0.1) is 5.52 Å². The monoisotopic (exact) mass is 256 g/mol. The van der Waals surface area contributed by atoms with Crippen LogP contribution < -0.4 is 5.73 Å². The van der Waals surface area contributed by atoms with Crippen LogP contribution in [0.25, 0.3) is 10.9 Å². The Morgan fingerprint density at radius 1 is 1.21 bits per heavy atom. The predicted octanol–water partition coefficient (Wildman–Crippen LogP) is 3.05. The molecular weight excluding hydrogens is 236 g/mol. The number of rotatable bonds is 3. The molecular formula is C16H20N2O. The van der Waals surface area contributed by atoms with Gasteiger partial charge in [-0.2, -0.15) is 0 Å². The summed E-state index contributed by atoms with van der Waals surface area (Å²) in [6.45, 7) is 1.77. The molecule has 3 heteroatoms. The molecule has 1 fully saturated rings. The maximum absolute atomic E-state index is 6.42. The average Bonchev–Trinajstić information content (AvgIpc) is 2.47. The highest BCUT2D eigenvalue weighted by Crippen LogP contribution is 2.29. The van der Waals surface area contributed by atoms with Crippen LogP contribution in [-0.2, 0) is 4.74 Å². The summed E-state index contributed by atoms with van der Waals surface area (Å²) < 4.78 is 5.41. The SMILES string of the molecule is NC(CC1CCOCC1)c1cccc2ncccc12. The first-order valence-corrected chi connectivity index (χ1v) is 7.01. The minimum Gasteiger partial charge on any atom is -0.381 e. The molecule has 0 spiro atoms. The molecule has 2 N–H and O–H groups in total. The van der Waals surface area contributed by atoms with Gasteiger partial charge in [0.15, 0.2) is 0 Å². The number of fused-ring (bicyclic) bond motifs is 1. The fraction of sp³-hybridized carbons (Fsp3) is 0.438. The molecule has 1 aromatic heterocycles. The van der Waals surface area contributed by atoms with E-state index in [4.69, 9.17) is 10.5 Å². The lowest BCUT2D eigenvalue weighted by Crippen LogP contribution is -2.21. The van der Waals surface area contributed by atoms with Gasteiger partial charge >= 0.3 is 0 Å². The Morgan fingerprint density at radius 2 is 2.05 bits per heavy atom. The van der Waals surface area contributed by atoms with E-state index < -0.39 is 0 Å². The lowest BCUT2D eigenvalue weighted by Gasteiger charge is -2.25. The van der Waals surface area contributed by atoms with Gasteiger partial charge in [-0.15, -0.1) is 0 Å². The molecule has 0 amide bonds. The van der Waals surface area contributed by atoms with E-state index in [0.717, 1.165) is 38.0 Å². The van der Waals surface area contributed by atoms with Crippen molar-refractivity contribution in [2.24, 2.45) is 11.7 Å². The summed E-state index contributed by atoms with van der Waals surface area (Å²) in [5.41, 5.74) is 8.67. The summed E-state index contributed by atoms with van der Waals surface area (Å²) in [5, 5.41) is 1.18. The van der Waals surface area contributed by atoms with Crippen molar-refractivity contribution in [3.05, 3.63) is 42.1 Å². The molecule has 1 aliphatic rings. The number of hydrogen-bond donors (Lipinski definition) is 1. The Labute approximate surface area is 113 Å². The first kappa shape index (κ1) is 12.6. The quantitative estimate of drug-likeness (QED) is 0.918. The summed E-state index contributed by atoms with van der Waals surface area (Å²) in [7, 11) is 0. The van der Waals surface area contributed by atoms with Gasteiger partial charge in [0.2, 0.25) is 0 Å². The smallest absolute Gasteiger partial charge is 0.0705 e. The number of benzene rings is 1. The Kier molecular flexibility index (Phi) is 3.76. The standard InChI is InChI=1S/C16H20N2O/c17-15(11-12-6-9-19-10-7-12)13-3-1-5-16-14(13)4-2-8-18-16/h1-5,8,12,15H,6-7,9-11,17H2. The van der Waals surface area contributed by atoms with E-state index in [1.54, 1.807) is 0 Å². The molecule has 2 aromatic rings. The van der Waals surface area contributed by atoms with Crippen LogP contribution in [0.3, 0.4) is 0 Å². The molecule has 0 bridgehead atoms. The lowest BCUT2D eigenvalue weighted by atomic mass is 9.89. The van der Waals surface area contributed by atoms with E-state index in [2.05, 4.69) is 23.2 Å². The van der Waals surface area contributed by atoms with Crippen LogP contribution >= 0.6 is 0 Å². The Balaban J connectivity index is 1.82. The normalized spacial score (nSPS) is 18.6. The van der Waals surface area contributed by atoms with Crippen LogP contribution in [0.1, 0.15) is 30.9 Å². The number of nitrogens with zero attached hydrogens (tertiary/aromatic N) is 1. The van der Waals surface area contributed by atoms with Gasteiger partial charge in [-0.05, 0) is 42.9 Å². The van der Waals surface area contributed by atoms with Gasteiger partial charge in [0.1, 0.15) is 0 Å². The first-order valence-electron chi connectivity index (χ1n) is 7.01. The molecule has 2 heterocycles. The van der Waals surface area contributed by atoms with Crippen molar-refractivity contribution in [3.63, 3.8) is 0 Å². The van der Waals surface area contributed by atoms with Crippen LogP contribution in [0.5, 0.6) is 0 Å². The predicted molar refractivity (Wildman–Crippen MR) is 76.8 cm³/mol. The Bertz CT molecular complexity index is 544. The third-order valence-corrected chi connectivity index (χ3v) is 4.01. The van der Waals surface area contributed by atoms with Gasteiger partial charge in [0, 0.05) is 30.8 Å². The zero-order valence-corrected chi connectivity index (χ0v) is 11.1. The summed E-state index contributed by atoms with van der Waals surface area (Å²) in [4.78, 5) is 4.40. The molecule has 100 valence electrons. The van der Waals surface area contributed by atoms with Crippen molar-refractivity contribution in [2.45, 2.75) is 25.3 Å². The number of aromatic nitrogens is 1. The van der Waals surface area contributed by atoms with Crippen LogP contribution in [-0.4, -0.2) is 18.2 Å². The zero-order valence-electron chi connectivity index (χ0n) is 11.1. The number of nitrogens with two attached hydrogens (primary N) is 1. The van der Waals surface area contributed by atoms with Crippen LogP contribution in [0.4, 0.5) is 0 Å². The molecule has 0 radical (unpaired) electrons. The van der Waals surface area contributed by atoms with E-state index in [-0.39, 0.29) is 6.04 Å². The third kappa shape index (κ3) is 2.77.